The summed E-state index contributed by atoms with van der Waals surface area (Å²) in [5.74, 6) is -0.437. The molecule has 0 bridgehead atoms. The summed E-state index contributed by atoms with van der Waals surface area (Å²) < 4.78 is 4.50. The Labute approximate surface area is 97.2 Å². The highest BCUT2D eigenvalue weighted by Gasteiger charge is 2.25. The van der Waals surface area contributed by atoms with Crippen LogP contribution in [-0.4, -0.2) is 45.5 Å². The number of esters is 1. The number of aromatic nitrogens is 2. The Morgan fingerprint density at radius 1 is 1.69 bits per heavy atom. The average molecular weight is 249 g/mol. The van der Waals surface area contributed by atoms with E-state index >= 15 is 0 Å². The summed E-state index contributed by atoms with van der Waals surface area (Å²) in [7, 11) is 1.22. The van der Waals surface area contributed by atoms with Gasteiger partial charge >= 0.3 is 5.97 Å². The lowest BCUT2D eigenvalue weighted by Crippen LogP contribution is -2.20. The molecule has 0 spiro atoms. The minimum Gasteiger partial charge on any atom is -0.464 e. The Balaban J connectivity index is 2.87. The van der Waals surface area contributed by atoms with E-state index in [0.717, 1.165) is 0 Å². The number of H-pyrrole nitrogens is 1. The highest BCUT2D eigenvalue weighted by molar-refractivity contribution is 6.17. The standard InChI is InChI=1S/C9H13ClN2O4/c1-16-9(15)7-5(4-11-12-7)8(14)6(13)2-3-10/h4,6,8,13-14H,2-3H2,1H3,(H,11,12). The molecule has 0 aliphatic heterocycles. The van der Waals surface area contributed by atoms with Gasteiger partial charge in [-0.2, -0.15) is 5.10 Å². The van der Waals surface area contributed by atoms with Gasteiger partial charge in [-0.15, -0.1) is 11.6 Å². The van der Waals surface area contributed by atoms with Crippen LogP contribution in [0.3, 0.4) is 0 Å². The van der Waals surface area contributed by atoms with Gasteiger partial charge in [0.05, 0.1) is 19.4 Å². The number of nitrogens with zero attached hydrogens (tertiary/aromatic N) is 1. The first-order valence-corrected chi connectivity index (χ1v) is 5.19. The number of hydrogen-bond donors (Lipinski definition) is 3. The van der Waals surface area contributed by atoms with Crippen molar-refractivity contribution >= 4 is 17.6 Å². The van der Waals surface area contributed by atoms with Gasteiger partial charge in [0.2, 0.25) is 0 Å². The minimum absolute atomic E-state index is 0.0311. The first-order valence-electron chi connectivity index (χ1n) is 4.65. The third kappa shape index (κ3) is 2.72. The van der Waals surface area contributed by atoms with Crippen molar-refractivity contribution in [2.24, 2.45) is 0 Å². The number of hydrogen-bond acceptors (Lipinski definition) is 5. The van der Waals surface area contributed by atoms with E-state index in [-0.39, 0.29) is 23.6 Å². The van der Waals surface area contributed by atoms with Crippen LogP contribution in [0.4, 0.5) is 0 Å². The molecule has 16 heavy (non-hydrogen) atoms. The maximum atomic E-state index is 11.3. The first kappa shape index (κ1) is 13.0. The van der Waals surface area contributed by atoms with E-state index < -0.39 is 18.2 Å². The molecule has 2 unspecified atom stereocenters. The summed E-state index contributed by atoms with van der Waals surface area (Å²) in [4.78, 5) is 11.3. The van der Waals surface area contributed by atoms with Gasteiger partial charge < -0.3 is 14.9 Å². The molecule has 2 atom stereocenters. The molecule has 1 aromatic rings. The minimum atomic E-state index is -1.22. The smallest absolute Gasteiger partial charge is 0.356 e. The van der Waals surface area contributed by atoms with Crippen LogP contribution in [-0.2, 0) is 4.74 Å². The second kappa shape index (κ2) is 5.83. The molecule has 1 aromatic heterocycles. The van der Waals surface area contributed by atoms with E-state index in [2.05, 4.69) is 14.9 Å². The quantitative estimate of drug-likeness (QED) is 0.512. The van der Waals surface area contributed by atoms with Gasteiger partial charge in [-0.25, -0.2) is 4.79 Å². The van der Waals surface area contributed by atoms with Crippen molar-refractivity contribution in [3.05, 3.63) is 17.5 Å². The Morgan fingerprint density at radius 2 is 2.38 bits per heavy atom. The topological polar surface area (TPSA) is 95.4 Å². The van der Waals surface area contributed by atoms with Gasteiger partial charge in [-0.05, 0) is 6.42 Å². The lowest BCUT2D eigenvalue weighted by Gasteiger charge is -2.16. The van der Waals surface area contributed by atoms with E-state index in [1.807, 2.05) is 0 Å². The van der Waals surface area contributed by atoms with Gasteiger partial charge in [0.1, 0.15) is 11.8 Å². The largest absolute Gasteiger partial charge is 0.464 e. The number of alkyl halides is 1. The van der Waals surface area contributed by atoms with Crippen molar-refractivity contribution in [1.82, 2.24) is 10.2 Å². The Hall–Kier alpha value is -1.11. The Bertz CT molecular complexity index is 355. The molecule has 0 radical (unpaired) electrons. The van der Waals surface area contributed by atoms with Crippen LogP contribution in [0.25, 0.3) is 0 Å². The Morgan fingerprint density at radius 3 is 2.94 bits per heavy atom. The lowest BCUT2D eigenvalue weighted by molar-refractivity contribution is 0.0157. The van der Waals surface area contributed by atoms with Crippen LogP contribution >= 0.6 is 11.6 Å². The second-order valence-corrected chi connectivity index (χ2v) is 3.56. The first-order chi connectivity index (χ1) is 7.61. The van der Waals surface area contributed by atoms with E-state index in [1.54, 1.807) is 0 Å². The molecule has 7 heteroatoms. The molecule has 0 aliphatic carbocycles. The summed E-state index contributed by atoms with van der Waals surface area (Å²) in [5, 5.41) is 25.3. The third-order valence-corrected chi connectivity index (χ3v) is 2.36. The van der Waals surface area contributed by atoms with Crippen molar-refractivity contribution in [3.8, 4) is 0 Å². The van der Waals surface area contributed by atoms with Crippen LogP contribution in [0.15, 0.2) is 6.20 Å². The monoisotopic (exact) mass is 248 g/mol. The highest BCUT2D eigenvalue weighted by atomic mass is 35.5. The predicted octanol–water partition coefficient (Wildman–Crippen LogP) is 0.219. The van der Waals surface area contributed by atoms with Crippen molar-refractivity contribution < 1.29 is 19.7 Å². The average Bonchev–Trinajstić information content (AvgIpc) is 2.76. The molecule has 0 saturated carbocycles. The van der Waals surface area contributed by atoms with Crippen LogP contribution in [0.2, 0.25) is 0 Å². The fourth-order valence-electron chi connectivity index (χ4n) is 1.26. The molecule has 6 nitrogen and oxygen atoms in total. The van der Waals surface area contributed by atoms with Crippen LogP contribution in [0.5, 0.6) is 0 Å². The highest BCUT2D eigenvalue weighted by Crippen LogP contribution is 2.21. The summed E-state index contributed by atoms with van der Waals surface area (Å²) in [6, 6.07) is 0. The van der Waals surface area contributed by atoms with E-state index in [9.17, 15) is 15.0 Å². The molecule has 1 rings (SSSR count). The normalized spacial score (nSPS) is 14.5. The van der Waals surface area contributed by atoms with Crippen LogP contribution < -0.4 is 0 Å². The summed E-state index contributed by atoms with van der Waals surface area (Å²) in [5.41, 5.74) is 0.230. The number of rotatable bonds is 5. The van der Waals surface area contributed by atoms with Gasteiger partial charge in [0.25, 0.3) is 0 Å². The molecular weight excluding hydrogens is 236 g/mol. The van der Waals surface area contributed by atoms with E-state index in [0.29, 0.717) is 0 Å². The van der Waals surface area contributed by atoms with Crippen molar-refractivity contribution in [2.75, 3.05) is 13.0 Å². The molecular formula is C9H13ClN2O4. The molecule has 0 fully saturated rings. The SMILES string of the molecule is COC(=O)c1[nH]ncc1C(O)C(O)CCCl. The van der Waals surface area contributed by atoms with E-state index in [4.69, 9.17) is 11.6 Å². The van der Waals surface area contributed by atoms with Crippen molar-refractivity contribution in [1.29, 1.82) is 0 Å². The number of aliphatic hydroxyl groups is 2. The predicted molar refractivity (Wildman–Crippen MR) is 56.2 cm³/mol. The maximum absolute atomic E-state index is 11.3. The Kier molecular flexibility index (Phi) is 4.72. The second-order valence-electron chi connectivity index (χ2n) is 3.18. The van der Waals surface area contributed by atoms with Gasteiger partial charge in [0.15, 0.2) is 0 Å². The number of ether oxygens (including phenoxy) is 1. The number of aliphatic hydroxyl groups excluding tert-OH is 2. The molecule has 90 valence electrons. The zero-order chi connectivity index (χ0) is 12.1. The molecule has 0 aromatic carbocycles. The maximum Gasteiger partial charge on any atom is 0.356 e. The third-order valence-electron chi connectivity index (χ3n) is 2.15. The van der Waals surface area contributed by atoms with Crippen LogP contribution in [0.1, 0.15) is 28.6 Å². The summed E-state index contributed by atoms with van der Waals surface area (Å²) in [6.45, 7) is 0. The van der Waals surface area contributed by atoms with Gasteiger partial charge in [-0.3, -0.25) is 5.10 Å². The summed E-state index contributed by atoms with van der Waals surface area (Å²) >= 11 is 5.45. The van der Waals surface area contributed by atoms with Crippen molar-refractivity contribution in [2.45, 2.75) is 18.6 Å². The molecule has 0 amide bonds. The fourth-order valence-corrected chi connectivity index (χ4v) is 1.49. The van der Waals surface area contributed by atoms with Gasteiger partial charge in [0, 0.05) is 11.4 Å². The zero-order valence-electron chi connectivity index (χ0n) is 8.68. The number of carbonyl (C=O) groups is 1. The molecule has 1 heterocycles. The number of aromatic amines is 1. The van der Waals surface area contributed by atoms with Crippen molar-refractivity contribution in [3.63, 3.8) is 0 Å². The fraction of sp³-hybridized carbons (Fsp3) is 0.556. The molecule has 3 N–H and O–H groups in total. The van der Waals surface area contributed by atoms with Gasteiger partial charge in [-0.1, -0.05) is 0 Å². The summed E-state index contributed by atoms with van der Waals surface area (Å²) in [6.07, 6.45) is -0.770. The lowest BCUT2D eigenvalue weighted by atomic mass is 10.0. The number of halogens is 1. The van der Waals surface area contributed by atoms with Crippen LogP contribution in [0, 0.1) is 0 Å². The molecule has 0 aliphatic rings. The number of carbonyl (C=O) groups excluding carboxylic acids is 1. The zero-order valence-corrected chi connectivity index (χ0v) is 9.44. The molecule has 0 saturated heterocycles. The number of nitrogens with one attached hydrogen (secondary N) is 1. The number of methoxy groups -OCH3 is 1. The van der Waals surface area contributed by atoms with E-state index in [1.165, 1.54) is 13.3 Å².